The number of carbonyl (C=O) groups excluding carboxylic acids is 1. The fourth-order valence-electron chi connectivity index (χ4n) is 2.26. The highest BCUT2D eigenvalue weighted by atomic mass is 16.3. The number of hydrogen-bond donors (Lipinski definition) is 1. The summed E-state index contributed by atoms with van der Waals surface area (Å²) in [7, 11) is 1.87. The van der Waals surface area contributed by atoms with Gasteiger partial charge >= 0.3 is 0 Å². The molecule has 102 valence electrons. The van der Waals surface area contributed by atoms with Crippen LogP contribution in [-0.2, 0) is 0 Å². The molecule has 1 aromatic carbocycles. The number of aromatic nitrogens is 1. The molecule has 2 aromatic rings. The predicted molar refractivity (Wildman–Crippen MR) is 75.3 cm³/mol. The molecule has 0 aliphatic carbocycles. The molecule has 0 aliphatic heterocycles. The first-order valence-electron chi connectivity index (χ1n) is 6.59. The van der Waals surface area contributed by atoms with E-state index < -0.39 is 0 Å². The fourth-order valence-corrected chi connectivity index (χ4v) is 2.26. The van der Waals surface area contributed by atoms with Crippen molar-refractivity contribution >= 4 is 16.9 Å². The Kier molecular flexibility index (Phi) is 4.00. The van der Waals surface area contributed by atoms with Crippen molar-refractivity contribution in [1.82, 2.24) is 10.3 Å². The highest BCUT2D eigenvalue weighted by Gasteiger charge is 2.23. The molecule has 0 bridgehead atoms. The third-order valence-corrected chi connectivity index (χ3v) is 3.34. The number of ketones is 1. The van der Waals surface area contributed by atoms with Crippen molar-refractivity contribution in [3.63, 3.8) is 0 Å². The van der Waals surface area contributed by atoms with E-state index in [2.05, 4.69) is 24.1 Å². The van der Waals surface area contributed by atoms with E-state index in [1.54, 1.807) is 6.92 Å². The molecule has 4 nitrogen and oxygen atoms in total. The summed E-state index contributed by atoms with van der Waals surface area (Å²) in [6.07, 6.45) is 0. The zero-order valence-corrected chi connectivity index (χ0v) is 11.9. The van der Waals surface area contributed by atoms with Crippen LogP contribution in [0.5, 0.6) is 0 Å². The zero-order chi connectivity index (χ0) is 14.0. The highest BCUT2D eigenvalue weighted by molar-refractivity contribution is 6.00. The Balaban J connectivity index is 2.34. The van der Waals surface area contributed by atoms with Crippen LogP contribution in [0.3, 0.4) is 0 Å². The Labute approximate surface area is 113 Å². The van der Waals surface area contributed by atoms with Crippen LogP contribution in [-0.4, -0.2) is 24.4 Å². The number of benzene rings is 1. The molecule has 0 radical (unpaired) electrons. The summed E-state index contributed by atoms with van der Waals surface area (Å²) in [6.45, 7) is 6.63. The fraction of sp³-hybridized carbons (Fsp3) is 0.467. The van der Waals surface area contributed by atoms with Gasteiger partial charge in [0.2, 0.25) is 0 Å². The number of rotatable bonds is 5. The lowest BCUT2D eigenvalue weighted by Gasteiger charge is -2.19. The van der Waals surface area contributed by atoms with Crippen LogP contribution in [0.1, 0.15) is 30.1 Å². The summed E-state index contributed by atoms with van der Waals surface area (Å²) < 4.78 is 5.42. The van der Waals surface area contributed by atoms with Crippen LogP contribution in [0, 0.1) is 18.8 Å². The van der Waals surface area contributed by atoms with Gasteiger partial charge in [0.1, 0.15) is 5.52 Å². The quantitative estimate of drug-likeness (QED) is 0.840. The minimum Gasteiger partial charge on any atom is -0.441 e. The third-order valence-electron chi connectivity index (χ3n) is 3.34. The largest absolute Gasteiger partial charge is 0.441 e. The first-order valence-corrected chi connectivity index (χ1v) is 6.59. The summed E-state index contributed by atoms with van der Waals surface area (Å²) in [5, 5.41) is 3.09. The van der Waals surface area contributed by atoms with Crippen molar-refractivity contribution in [2.75, 3.05) is 13.6 Å². The number of nitrogens with one attached hydrogen (secondary N) is 1. The SMILES string of the molecule is CNCC(C(=O)c1ccc2oc(C)nc2c1)C(C)C. The number of Topliss-reactive ketones (excluding diaryl/α,β-unsaturated/α-hetero) is 1. The Hall–Kier alpha value is -1.68. The lowest BCUT2D eigenvalue weighted by molar-refractivity contribution is 0.0886. The van der Waals surface area contributed by atoms with Gasteiger partial charge < -0.3 is 9.73 Å². The number of fused-ring (bicyclic) bond motifs is 1. The van der Waals surface area contributed by atoms with E-state index >= 15 is 0 Å². The molecule has 2 rings (SSSR count). The minimum absolute atomic E-state index is 0.0181. The van der Waals surface area contributed by atoms with Crippen LogP contribution in [0.2, 0.25) is 0 Å². The molecule has 1 N–H and O–H groups in total. The van der Waals surface area contributed by atoms with Gasteiger partial charge in [-0.3, -0.25) is 4.79 Å². The van der Waals surface area contributed by atoms with Crippen molar-refractivity contribution in [1.29, 1.82) is 0 Å². The number of hydrogen-bond acceptors (Lipinski definition) is 4. The van der Waals surface area contributed by atoms with Gasteiger partial charge in [0.15, 0.2) is 17.3 Å². The monoisotopic (exact) mass is 260 g/mol. The molecular formula is C15H20N2O2. The van der Waals surface area contributed by atoms with E-state index in [0.29, 0.717) is 23.9 Å². The van der Waals surface area contributed by atoms with Gasteiger partial charge in [-0.25, -0.2) is 4.98 Å². The Morgan fingerprint density at radius 2 is 2.16 bits per heavy atom. The second-order valence-corrected chi connectivity index (χ2v) is 5.19. The molecule has 0 amide bonds. The molecule has 19 heavy (non-hydrogen) atoms. The highest BCUT2D eigenvalue weighted by Crippen LogP contribution is 2.21. The maximum atomic E-state index is 12.5. The summed E-state index contributed by atoms with van der Waals surface area (Å²) in [5.74, 6) is 1.06. The molecule has 0 fully saturated rings. The maximum absolute atomic E-state index is 12.5. The molecule has 1 aromatic heterocycles. The van der Waals surface area contributed by atoms with Gasteiger partial charge in [-0.1, -0.05) is 13.8 Å². The van der Waals surface area contributed by atoms with E-state index in [1.165, 1.54) is 0 Å². The van der Waals surface area contributed by atoms with Crippen molar-refractivity contribution in [3.05, 3.63) is 29.7 Å². The van der Waals surface area contributed by atoms with E-state index in [0.717, 1.165) is 11.1 Å². The number of aryl methyl sites for hydroxylation is 1. The number of oxazole rings is 1. The zero-order valence-electron chi connectivity index (χ0n) is 11.9. The van der Waals surface area contributed by atoms with Crippen molar-refractivity contribution in [2.24, 2.45) is 11.8 Å². The topological polar surface area (TPSA) is 55.1 Å². The average Bonchev–Trinajstić information content (AvgIpc) is 2.73. The van der Waals surface area contributed by atoms with Crippen LogP contribution >= 0.6 is 0 Å². The summed E-state index contributed by atoms with van der Waals surface area (Å²) in [4.78, 5) is 16.8. The van der Waals surface area contributed by atoms with Gasteiger partial charge in [0, 0.05) is 24.9 Å². The summed E-state index contributed by atoms with van der Waals surface area (Å²) >= 11 is 0. The third kappa shape index (κ3) is 2.84. The standard InChI is InChI=1S/C15H20N2O2/c1-9(2)12(8-16-4)15(18)11-5-6-14-13(7-11)17-10(3)19-14/h5-7,9,12,16H,8H2,1-4H3. The second-order valence-electron chi connectivity index (χ2n) is 5.19. The molecule has 0 spiro atoms. The van der Waals surface area contributed by atoms with E-state index in [-0.39, 0.29) is 11.7 Å². The Morgan fingerprint density at radius 1 is 1.42 bits per heavy atom. The van der Waals surface area contributed by atoms with Gasteiger partial charge in [-0.2, -0.15) is 0 Å². The minimum atomic E-state index is -0.0181. The van der Waals surface area contributed by atoms with Crippen molar-refractivity contribution in [3.8, 4) is 0 Å². The summed E-state index contributed by atoms with van der Waals surface area (Å²) in [6, 6.07) is 5.46. The molecule has 4 heteroatoms. The lowest BCUT2D eigenvalue weighted by Crippen LogP contribution is -2.30. The van der Waals surface area contributed by atoms with Crippen LogP contribution < -0.4 is 5.32 Å². The molecule has 1 unspecified atom stereocenters. The second kappa shape index (κ2) is 5.53. The van der Waals surface area contributed by atoms with Gasteiger partial charge in [-0.15, -0.1) is 0 Å². The first kappa shape index (κ1) is 13.7. The molecule has 0 saturated heterocycles. The van der Waals surface area contributed by atoms with Crippen molar-refractivity contribution < 1.29 is 9.21 Å². The number of nitrogens with zero attached hydrogens (tertiary/aromatic N) is 1. The summed E-state index contributed by atoms with van der Waals surface area (Å²) in [5.41, 5.74) is 2.17. The van der Waals surface area contributed by atoms with E-state index in [1.807, 2.05) is 25.2 Å². The van der Waals surface area contributed by atoms with Crippen LogP contribution in [0.15, 0.2) is 22.6 Å². The van der Waals surface area contributed by atoms with Gasteiger partial charge in [0.05, 0.1) is 0 Å². The Morgan fingerprint density at radius 3 is 2.79 bits per heavy atom. The molecule has 1 atom stereocenters. The first-order chi connectivity index (χ1) is 9.02. The normalized spacial score (nSPS) is 13.1. The predicted octanol–water partition coefficient (Wildman–Crippen LogP) is 2.81. The molecule has 1 heterocycles. The van der Waals surface area contributed by atoms with E-state index in [9.17, 15) is 4.79 Å². The van der Waals surface area contributed by atoms with Crippen LogP contribution in [0.25, 0.3) is 11.1 Å². The molecular weight excluding hydrogens is 240 g/mol. The number of carbonyl (C=O) groups is 1. The van der Waals surface area contributed by atoms with Crippen molar-refractivity contribution in [2.45, 2.75) is 20.8 Å². The van der Waals surface area contributed by atoms with Gasteiger partial charge in [-0.05, 0) is 31.2 Å². The maximum Gasteiger partial charge on any atom is 0.192 e. The van der Waals surface area contributed by atoms with Gasteiger partial charge in [0.25, 0.3) is 0 Å². The average molecular weight is 260 g/mol. The Bertz CT molecular complexity index is 587. The molecule has 0 aliphatic rings. The molecule has 0 saturated carbocycles. The smallest absolute Gasteiger partial charge is 0.192 e. The lowest BCUT2D eigenvalue weighted by atomic mass is 9.88. The van der Waals surface area contributed by atoms with Crippen LogP contribution in [0.4, 0.5) is 0 Å². The van der Waals surface area contributed by atoms with E-state index in [4.69, 9.17) is 4.42 Å².